The number of nitrogens with zero attached hydrogens (tertiary/aromatic N) is 1. The van der Waals surface area contributed by atoms with Crippen LogP contribution in [0, 0.1) is 13.8 Å². The lowest BCUT2D eigenvalue weighted by Crippen LogP contribution is -2.48. The van der Waals surface area contributed by atoms with E-state index in [2.05, 4.69) is 0 Å². The number of rotatable bonds is 3. The van der Waals surface area contributed by atoms with E-state index in [1.54, 1.807) is 13.8 Å². The maximum Gasteiger partial charge on any atom is 0.247 e. The Hall–Kier alpha value is -0.890. The van der Waals surface area contributed by atoms with Crippen LogP contribution in [0.25, 0.3) is 0 Å². The molecular weight excluding hydrogens is 282 g/mol. The Balaban J connectivity index is 2.45. The number of hydrogen-bond acceptors (Lipinski definition) is 5. The van der Waals surface area contributed by atoms with E-state index in [9.17, 15) is 13.5 Å². The van der Waals surface area contributed by atoms with Crippen LogP contribution in [0.15, 0.2) is 9.31 Å². The Bertz CT molecular complexity index is 582. The van der Waals surface area contributed by atoms with Gasteiger partial charge in [0.25, 0.3) is 0 Å². The molecule has 1 aliphatic heterocycles. The van der Waals surface area contributed by atoms with Crippen molar-refractivity contribution in [1.82, 2.24) is 4.31 Å². The highest BCUT2D eigenvalue weighted by atomic mass is 32.2. The molecule has 1 aromatic heterocycles. The minimum atomic E-state index is -3.68. The second-order valence-electron chi connectivity index (χ2n) is 5.26. The SMILES string of the molecule is Cc1oc(C)c(S(=O)(=O)N2C[C@@H](C)O[C@@H](C)C2)c1CO. The van der Waals surface area contributed by atoms with Crippen molar-refractivity contribution in [1.29, 1.82) is 0 Å². The summed E-state index contributed by atoms with van der Waals surface area (Å²) in [6.45, 7) is 7.21. The number of morpholine rings is 1. The molecule has 2 atom stereocenters. The molecule has 1 aliphatic rings. The van der Waals surface area contributed by atoms with E-state index < -0.39 is 10.0 Å². The average Bonchev–Trinajstić information content (AvgIpc) is 2.62. The molecule has 0 aliphatic carbocycles. The summed E-state index contributed by atoms with van der Waals surface area (Å²) in [7, 11) is -3.68. The fourth-order valence-electron chi connectivity index (χ4n) is 2.69. The molecule has 7 heteroatoms. The molecule has 0 amide bonds. The van der Waals surface area contributed by atoms with Crippen molar-refractivity contribution in [3.63, 3.8) is 0 Å². The molecule has 0 spiro atoms. The molecule has 2 heterocycles. The maximum absolute atomic E-state index is 12.8. The lowest BCUT2D eigenvalue weighted by atomic mass is 10.2. The highest BCUT2D eigenvalue weighted by Gasteiger charge is 2.36. The number of aliphatic hydroxyl groups excluding tert-OH is 1. The van der Waals surface area contributed by atoms with Gasteiger partial charge in [0.2, 0.25) is 10.0 Å². The van der Waals surface area contributed by atoms with Gasteiger partial charge in [-0.15, -0.1) is 0 Å². The van der Waals surface area contributed by atoms with Gasteiger partial charge < -0.3 is 14.3 Å². The minimum Gasteiger partial charge on any atom is -0.465 e. The van der Waals surface area contributed by atoms with Crippen molar-refractivity contribution < 1.29 is 22.7 Å². The normalized spacial score (nSPS) is 25.1. The largest absolute Gasteiger partial charge is 0.465 e. The van der Waals surface area contributed by atoms with Crippen molar-refractivity contribution >= 4 is 10.0 Å². The molecule has 1 N–H and O–H groups in total. The molecule has 0 unspecified atom stereocenters. The first-order valence-corrected chi connectivity index (χ1v) is 8.06. The lowest BCUT2D eigenvalue weighted by Gasteiger charge is -2.34. The number of aliphatic hydroxyl groups is 1. The molecule has 0 saturated carbocycles. The van der Waals surface area contributed by atoms with E-state index in [4.69, 9.17) is 9.15 Å². The topological polar surface area (TPSA) is 80.0 Å². The van der Waals surface area contributed by atoms with Crippen molar-refractivity contribution in [2.75, 3.05) is 13.1 Å². The third-order valence-corrected chi connectivity index (χ3v) is 5.49. The van der Waals surface area contributed by atoms with Crippen molar-refractivity contribution in [2.45, 2.75) is 51.4 Å². The average molecular weight is 303 g/mol. The molecule has 20 heavy (non-hydrogen) atoms. The third kappa shape index (κ3) is 2.63. The minimum absolute atomic E-state index is 0.0961. The summed E-state index contributed by atoms with van der Waals surface area (Å²) >= 11 is 0. The van der Waals surface area contributed by atoms with Crippen molar-refractivity contribution in [3.8, 4) is 0 Å². The molecular formula is C13H21NO5S. The Morgan fingerprint density at radius 2 is 1.75 bits per heavy atom. The molecule has 0 radical (unpaired) electrons. The van der Waals surface area contributed by atoms with E-state index >= 15 is 0 Å². The second kappa shape index (κ2) is 5.48. The molecule has 0 bridgehead atoms. The van der Waals surface area contributed by atoms with Gasteiger partial charge in [-0.05, 0) is 27.7 Å². The zero-order valence-electron chi connectivity index (χ0n) is 12.2. The van der Waals surface area contributed by atoms with E-state index in [1.807, 2.05) is 13.8 Å². The zero-order chi connectivity index (χ0) is 15.1. The summed E-state index contributed by atoms with van der Waals surface area (Å²) < 4.78 is 37.9. The third-order valence-electron chi connectivity index (χ3n) is 3.47. The first-order valence-electron chi connectivity index (χ1n) is 6.62. The van der Waals surface area contributed by atoms with Crippen molar-refractivity contribution in [2.24, 2.45) is 0 Å². The van der Waals surface area contributed by atoms with E-state index in [0.717, 1.165) is 0 Å². The Kier molecular flexibility index (Phi) is 4.24. The van der Waals surface area contributed by atoms with Gasteiger partial charge in [0.1, 0.15) is 16.4 Å². The van der Waals surface area contributed by atoms with Gasteiger partial charge in [-0.3, -0.25) is 0 Å². The Labute approximate surface area is 119 Å². The monoisotopic (exact) mass is 303 g/mol. The van der Waals surface area contributed by atoms with Gasteiger partial charge >= 0.3 is 0 Å². The molecule has 2 rings (SSSR count). The first kappa shape index (κ1) is 15.5. The van der Waals surface area contributed by atoms with E-state index in [1.165, 1.54) is 4.31 Å². The fourth-order valence-corrected chi connectivity index (χ4v) is 4.68. The highest BCUT2D eigenvalue weighted by molar-refractivity contribution is 7.89. The Morgan fingerprint density at radius 1 is 1.20 bits per heavy atom. The summed E-state index contributed by atoms with van der Waals surface area (Å²) in [5, 5.41) is 9.41. The van der Waals surface area contributed by atoms with Crippen LogP contribution >= 0.6 is 0 Å². The van der Waals surface area contributed by atoms with Gasteiger partial charge in [0.15, 0.2) is 0 Å². The molecule has 1 saturated heterocycles. The number of ether oxygens (including phenoxy) is 1. The molecule has 1 aromatic rings. The highest BCUT2D eigenvalue weighted by Crippen LogP contribution is 2.30. The van der Waals surface area contributed by atoms with Crippen LogP contribution in [-0.4, -0.2) is 43.1 Å². The van der Waals surface area contributed by atoms with Crippen LogP contribution in [0.2, 0.25) is 0 Å². The van der Waals surface area contributed by atoms with E-state index in [-0.39, 0.29) is 23.7 Å². The fraction of sp³-hybridized carbons (Fsp3) is 0.692. The molecule has 1 fully saturated rings. The standard InChI is InChI=1S/C13H21NO5S/c1-8-5-14(6-9(2)18-8)20(16,17)13-11(4)19-10(3)12(13)7-15/h8-9,15H,5-7H2,1-4H3/t8-,9+. The number of furan rings is 1. The second-order valence-corrected chi connectivity index (χ2v) is 7.13. The summed E-state index contributed by atoms with van der Waals surface area (Å²) in [5.41, 5.74) is 0.342. The molecule has 6 nitrogen and oxygen atoms in total. The number of hydrogen-bond donors (Lipinski definition) is 1. The predicted molar refractivity (Wildman–Crippen MR) is 72.9 cm³/mol. The van der Waals surface area contributed by atoms with Gasteiger partial charge in [-0.2, -0.15) is 4.31 Å². The molecule has 0 aromatic carbocycles. The molecule has 114 valence electrons. The first-order chi connectivity index (χ1) is 9.27. The van der Waals surface area contributed by atoms with E-state index in [0.29, 0.717) is 30.2 Å². The number of aryl methyl sites for hydroxylation is 2. The van der Waals surface area contributed by atoms with Crippen molar-refractivity contribution in [3.05, 3.63) is 17.1 Å². The quantitative estimate of drug-likeness (QED) is 0.907. The summed E-state index contributed by atoms with van der Waals surface area (Å²) in [5.74, 6) is 0.760. The maximum atomic E-state index is 12.8. The van der Waals surface area contributed by atoms with Crippen LogP contribution < -0.4 is 0 Å². The summed E-state index contributed by atoms with van der Waals surface area (Å²) in [6.07, 6.45) is -0.307. The summed E-state index contributed by atoms with van der Waals surface area (Å²) in [4.78, 5) is 0.0961. The predicted octanol–water partition coefficient (Wildman–Crippen LogP) is 1.19. The van der Waals surface area contributed by atoms with Gasteiger partial charge in [-0.1, -0.05) is 0 Å². The zero-order valence-corrected chi connectivity index (χ0v) is 13.0. The lowest BCUT2D eigenvalue weighted by molar-refractivity contribution is -0.0441. The number of sulfonamides is 1. The van der Waals surface area contributed by atoms with Crippen LogP contribution in [-0.2, 0) is 21.4 Å². The van der Waals surface area contributed by atoms with Crippen LogP contribution in [0.3, 0.4) is 0 Å². The van der Waals surface area contributed by atoms with Gasteiger partial charge in [-0.25, -0.2) is 8.42 Å². The Morgan fingerprint density at radius 3 is 2.25 bits per heavy atom. The van der Waals surface area contributed by atoms with Crippen LogP contribution in [0.1, 0.15) is 30.9 Å². The summed E-state index contributed by atoms with van der Waals surface area (Å²) in [6, 6.07) is 0. The smallest absolute Gasteiger partial charge is 0.247 e. The van der Waals surface area contributed by atoms with Gasteiger partial charge in [0, 0.05) is 18.7 Å². The van der Waals surface area contributed by atoms with Gasteiger partial charge in [0.05, 0.1) is 18.8 Å². The van der Waals surface area contributed by atoms with Crippen LogP contribution in [0.4, 0.5) is 0 Å². The van der Waals surface area contributed by atoms with Crippen LogP contribution in [0.5, 0.6) is 0 Å².